The van der Waals surface area contributed by atoms with Gasteiger partial charge >= 0.3 is 0 Å². The normalized spacial score (nSPS) is 18.7. The molecule has 1 fully saturated rings. The first-order chi connectivity index (χ1) is 12.9. The van der Waals surface area contributed by atoms with Gasteiger partial charge in [0.1, 0.15) is 5.76 Å². The standard InChI is InChI=1S/C20H18ClNO5/c1-22-17(12-6-4-5-7-13(12)21)16(19(24)20(22)25)18(23)11-8-9-14(26-2)15(10-11)27-3/h4-10,17,23H,1-3H3/b18-16-. The second kappa shape index (κ2) is 7.32. The fraction of sp³-hybridized carbons (Fsp3) is 0.200. The second-order valence-corrected chi connectivity index (χ2v) is 6.41. The summed E-state index contributed by atoms with van der Waals surface area (Å²) in [5.74, 6) is -0.908. The molecule has 0 aliphatic carbocycles. The van der Waals surface area contributed by atoms with Gasteiger partial charge in [-0.05, 0) is 29.8 Å². The van der Waals surface area contributed by atoms with Gasteiger partial charge in [-0.25, -0.2) is 0 Å². The number of ether oxygens (including phenoxy) is 2. The zero-order valence-electron chi connectivity index (χ0n) is 15.0. The number of aliphatic hydroxyl groups is 1. The largest absolute Gasteiger partial charge is 0.507 e. The van der Waals surface area contributed by atoms with E-state index in [9.17, 15) is 14.7 Å². The summed E-state index contributed by atoms with van der Waals surface area (Å²) in [4.78, 5) is 26.2. The van der Waals surface area contributed by atoms with E-state index in [4.69, 9.17) is 21.1 Å². The fourth-order valence-corrected chi connectivity index (χ4v) is 3.39. The Morgan fingerprint density at radius 3 is 2.37 bits per heavy atom. The van der Waals surface area contributed by atoms with Crippen LogP contribution in [0.5, 0.6) is 11.5 Å². The topological polar surface area (TPSA) is 76.1 Å². The molecule has 1 atom stereocenters. The minimum Gasteiger partial charge on any atom is -0.507 e. The highest BCUT2D eigenvalue weighted by atomic mass is 35.5. The molecule has 1 unspecified atom stereocenters. The number of benzene rings is 2. The van der Waals surface area contributed by atoms with Gasteiger partial charge in [-0.15, -0.1) is 0 Å². The molecule has 0 radical (unpaired) electrons. The van der Waals surface area contributed by atoms with Gasteiger partial charge in [0.05, 0.1) is 25.8 Å². The predicted molar refractivity (Wildman–Crippen MR) is 101 cm³/mol. The lowest BCUT2D eigenvalue weighted by molar-refractivity contribution is -0.139. The van der Waals surface area contributed by atoms with E-state index in [1.165, 1.54) is 26.2 Å². The van der Waals surface area contributed by atoms with Crippen molar-refractivity contribution in [3.63, 3.8) is 0 Å². The number of amides is 1. The van der Waals surface area contributed by atoms with E-state index in [1.807, 2.05) is 0 Å². The lowest BCUT2D eigenvalue weighted by Gasteiger charge is -2.22. The maximum atomic E-state index is 12.6. The van der Waals surface area contributed by atoms with Gasteiger partial charge in [-0.3, -0.25) is 9.59 Å². The summed E-state index contributed by atoms with van der Waals surface area (Å²) in [6, 6.07) is 10.9. The van der Waals surface area contributed by atoms with Gasteiger partial charge in [-0.1, -0.05) is 29.8 Å². The van der Waals surface area contributed by atoms with Crippen LogP contribution in [0.25, 0.3) is 5.76 Å². The van der Waals surface area contributed by atoms with Crippen molar-refractivity contribution in [2.75, 3.05) is 21.3 Å². The first-order valence-electron chi connectivity index (χ1n) is 8.12. The number of methoxy groups -OCH3 is 2. The number of halogens is 1. The van der Waals surface area contributed by atoms with Crippen molar-refractivity contribution in [3.8, 4) is 11.5 Å². The number of hydrogen-bond acceptors (Lipinski definition) is 5. The number of Topliss-reactive ketones (excluding diaryl/α,β-unsaturated/α-hetero) is 1. The molecule has 1 N–H and O–H groups in total. The average Bonchev–Trinajstić information content (AvgIpc) is 2.91. The van der Waals surface area contributed by atoms with Gasteiger partial charge in [0.25, 0.3) is 11.7 Å². The molecule has 140 valence electrons. The zero-order chi connectivity index (χ0) is 19.7. The molecule has 1 heterocycles. The second-order valence-electron chi connectivity index (χ2n) is 6.00. The van der Waals surface area contributed by atoms with Gasteiger partial charge in [0.15, 0.2) is 11.5 Å². The van der Waals surface area contributed by atoms with Crippen molar-refractivity contribution in [1.82, 2.24) is 4.90 Å². The molecule has 0 saturated carbocycles. The number of likely N-dealkylation sites (N-methyl/N-ethyl adjacent to an activating group) is 1. The van der Waals surface area contributed by atoms with Crippen molar-refractivity contribution in [2.45, 2.75) is 6.04 Å². The first kappa shape index (κ1) is 18.8. The Kier molecular flexibility index (Phi) is 5.10. The summed E-state index contributed by atoms with van der Waals surface area (Å²) in [7, 11) is 4.47. The Morgan fingerprint density at radius 1 is 1.07 bits per heavy atom. The molecule has 7 heteroatoms. The number of aliphatic hydroxyl groups excluding tert-OH is 1. The number of likely N-dealkylation sites (tertiary alicyclic amines) is 1. The van der Waals surface area contributed by atoms with Crippen molar-refractivity contribution in [3.05, 3.63) is 64.2 Å². The number of ketones is 1. The molecule has 2 aromatic rings. The predicted octanol–water partition coefficient (Wildman–Crippen LogP) is 3.41. The van der Waals surface area contributed by atoms with Crippen molar-refractivity contribution in [1.29, 1.82) is 0 Å². The van der Waals surface area contributed by atoms with Crippen LogP contribution in [-0.4, -0.2) is 43.0 Å². The Balaban J connectivity index is 2.20. The Morgan fingerprint density at radius 2 is 1.74 bits per heavy atom. The molecule has 2 aromatic carbocycles. The number of rotatable bonds is 4. The number of carbonyl (C=O) groups excluding carboxylic acids is 2. The monoisotopic (exact) mass is 387 g/mol. The van der Waals surface area contributed by atoms with E-state index in [1.54, 1.807) is 42.5 Å². The van der Waals surface area contributed by atoms with Crippen LogP contribution in [0.1, 0.15) is 17.2 Å². The number of hydrogen-bond donors (Lipinski definition) is 1. The molecule has 0 spiro atoms. The van der Waals surface area contributed by atoms with Crippen LogP contribution in [0.15, 0.2) is 48.0 Å². The highest BCUT2D eigenvalue weighted by Crippen LogP contribution is 2.41. The Labute approximate surface area is 161 Å². The van der Waals surface area contributed by atoms with E-state index in [2.05, 4.69) is 0 Å². The molecule has 0 aromatic heterocycles. The lowest BCUT2D eigenvalue weighted by atomic mass is 9.95. The highest BCUT2D eigenvalue weighted by Gasteiger charge is 2.44. The zero-order valence-corrected chi connectivity index (χ0v) is 15.8. The molecule has 1 saturated heterocycles. The summed E-state index contributed by atoms with van der Waals surface area (Å²) in [5, 5.41) is 11.3. The molecular weight excluding hydrogens is 370 g/mol. The fourth-order valence-electron chi connectivity index (χ4n) is 3.15. The van der Waals surface area contributed by atoms with Gasteiger partial charge in [-0.2, -0.15) is 0 Å². The lowest BCUT2D eigenvalue weighted by Crippen LogP contribution is -2.25. The van der Waals surface area contributed by atoms with Crippen LogP contribution in [0.2, 0.25) is 5.02 Å². The third-order valence-corrected chi connectivity index (χ3v) is 4.88. The van der Waals surface area contributed by atoms with E-state index in [0.717, 1.165) is 0 Å². The van der Waals surface area contributed by atoms with E-state index in [-0.39, 0.29) is 11.3 Å². The Bertz CT molecular complexity index is 953. The SMILES string of the molecule is COc1ccc(/C(O)=C2/C(=O)C(=O)N(C)C2c2ccccc2Cl)cc1OC. The highest BCUT2D eigenvalue weighted by molar-refractivity contribution is 6.46. The van der Waals surface area contributed by atoms with Crippen molar-refractivity contribution >= 4 is 29.1 Å². The first-order valence-corrected chi connectivity index (χ1v) is 8.50. The van der Waals surface area contributed by atoms with Crippen molar-refractivity contribution in [2.24, 2.45) is 0 Å². The van der Waals surface area contributed by atoms with Crippen LogP contribution in [0, 0.1) is 0 Å². The summed E-state index contributed by atoms with van der Waals surface area (Å²) in [5.41, 5.74) is 0.863. The minimum absolute atomic E-state index is 0.0252. The van der Waals surface area contributed by atoms with Crippen molar-refractivity contribution < 1.29 is 24.2 Å². The molecule has 27 heavy (non-hydrogen) atoms. The van der Waals surface area contributed by atoms with Gasteiger partial charge in [0, 0.05) is 17.6 Å². The third-order valence-electron chi connectivity index (χ3n) is 4.53. The smallest absolute Gasteiger partial charge is 0.295 e. The molecule has 1 aliphatic heterocycles. The molecule has 1 amide bonds. The van der Waals surface area contributed by atoms with E-state index >= 15 is 0 Å². The van der Waals surface area contributed by atoms with Gasteiger partial charge < -0.3 is 19.5 Å². The van der Waals surface area contributed by atoms with Crippen LogP contribution in [0.3, 0.4) is 0 Å². The Hall–Kier alpha value is -2.99. The maximum Gasteiger partial charge on any atom is 0.295 e. The van der Waals surface area contributed by atoms with Crippen LogP contribution < -0.4 is 9.47 Å². The quantitative estimate of drug-likeness (QED) is 0.494. The van der Waals surface area contributed by atoms with E-state index < -0.39 is 17.7 Å². The number of carbonyl (C=O) groups is 2. The van der Waals surface area contributed by atoms with Crippen LogP contribution in [0.4, 0.5) is 0 Å². The summed E-state index contributed by atoms with van der Waals surface area (Å²) < 4.78 is 10.4. The minimum atomic E-state index is -0.785. The molecule has 3 rings (SSSR count). The summed E-state index contributed by atoms with van der Waals surface area (Å²) in [6.07, 6.45) is 0. The number of nitrogens with zero attached hydrogens (tertiary/aromatic N) is 1. The van der Waals surface area contributed by atoms with E-state index in [0.29, 0.717) is 27.6 Å². The van der Waals surface area contributed by atoms with Gasteiger partial charge in [0.2, 0.25) is 0 Å². The maximum absolute atomic E-state index is 12.6. The van der Waals surface area contributed by atoms with Crippen LogP contribution in [-0.2, 0) is 9.59 Å². The molecule has 0 bridgehead atoms. The molecule has 1 aliphatic rings. The van der Waals surface area contributed by atoms with Crippen LogP contribution >= 0.6 is 11.6 Å². The summed E-state index contributed by atoms with van der Waals surface area (Å²) in [6.45, 7) is 0. The third kappa shape index (κ3) is 3.13. The molecule has 6 nitrogen and oxygen atoms in total. The average molecular weight is 388 g/mol. The molecular formula is C20H18ClNO5. The summed E-state index contributed by atoms with van der Waals surface area (Å²) >= 11 is 6.28.